The normalized spacial score (nSPS) is 10.3. The maximum Gasteiger partial charge on any atom is 0.337 e. The van der Waals surface area contributed by atoms with Gasteiger partial charge in [-0.25, -0.2) is 9.59 Å². The van der Waals surface area contributed by atoms with Gasteiger partial charge < -0.3 is 20.3 Å². The van der Waals surface area contributed by atoms with Gasteiger partial charge in [0.25, 0.3) is 0 Å². The van der Waals surface area contributed by atoms with Gasteiger partial charge in [-0.15, -0.1) is 0 Å². The molecule has 0 bridgehead atoms. The van der Waals surface area contributed by atoms with Crippen molar-refractivity contribution in [2.45, 2.75) is 20.3 Å². The van der Waals surface area contributed by atoms with Crippen molar-refractivity contribution >= 4 is 23.4 Å². The number of methoxy groups -OCH3 is 1. The highest BCUT2D eigenvalue weighted by Gasteiger charge is 2.13. The fraction of sp³-hybridized carbons (Fsp3) is 0.500. The van der Waals surface area contributed by atoms with Crippen LogP contribution >= 0.6 is 0 Å². The zero-order valence-electron chi connectivity index (χ0n) is 13.9. The predicted molar refractivity (Wildman–Crippen MR) is 88.6 cm³/mol. The fourth-order valence-electron chi connectivity index (χ4n) is 1.89. The van der Waals surface area contributed by atoms with Crippen LogP contribution < -0.4 is 15.5 Å². The minimum atomic E-state index is -0.406. The summed E-state index contributed by atoms with van der Waals surface area (Å²) in [7, 11) is 5.03. The number of nitrogens with one attached hydrogen (secondary N) is 2. The van der Waals surface area contributed by atoms with E-state index in [2.05, 4.69) is 24.5 Å². The Labute approximate surface area is 131 Å². The van der Waals surface area contributed by atoms with Crippen molar-refractivity contribution in [1.29, 1.82) is 0 Å². The molecule has 0 atom stereocenters. The Morgan fingerprint density at radius 2 is 1.95 bits per heavy atom. The van der Waals surface area contributed by atoms with Gasteiger partial charge in [0.05, 0.1) is 24.0 Å². The summed E-state index contributed by atoms with van der Waals surface area (Å²) >= 11 is 0. The maximum absolute atomic E-state index is 11.9. The topological polar surface area (TPSA) is 70.7 Å². The van der Waals surface area contributed by atoms with Crippen molar-refractivity contribution in [3.8, 4) is 0 Å². The first-order valence-corrected chi connectivity index (χ1v) is 7.29. The van der Waals surface area contributed by atoms with E-state index in [1.807, 2.05) is 19.0 Å². The summed E-state index contributed by atoms with van der Waals surface area (Å²) in [5.74, 6) is 0.132. The molecule has 0 aliphatic carbocycles. The molecule has 0 spiro atoms. The molecule has 122 valence electrons. The second-order valence-corrected chi connectivity index (χ2v) is 5.68. The molecule has 22 heavy (non-hydrogen) atoms. The monoisotopic (exact) mass is 307 g/mol. The van der Waals surface area contributed by atoms with Gasteiger partial charge in [-0.05, 0) is 30.5 Å². The van der Waals surface area contributed by atoms with Crippen LogP contribution in [0, 0.1) is 5.92 Å². The molecule has 0 aliphatic heterocycles. The molecule has 0 saturated heterocycles. The SMILES string of the molecule is COC(=O)c1ccc(NC(=O)NCCC(C)C)c(N(C)C)c1. The van der Waals surface area contributed by atoms with Crippen LogP contribution in [0.2, 0.25) is 0 Å². The highest BCUT2D eigenvalue weighted by Crippen LogP contribution is 2.26. The molecular weight excluding hydrogens is 282 g/mol. The Morgan fingerprint density at radius 3 is 2.50 bits per heavy atom. The number of anilines is 2. The number of rotatable bonds is 6. The summed E-state index contributed by atoms with van der Waals surface area (Å²) in [5, 5.41) is 5.62. The minimum absolute atomic E-state index is 0.255. The number of ether oxygens (including phenoxy) is 1. The predicted octanol–water partition coefficient (Wildman–Crippen LogP) is 2.71. The number of carbonyl (C=O) groups is 2. The summed E-state index contributed by atoms with van der Waals surface area (Å²) in [6.07, 6.45) is 0.926. The Morgan fingerprint density at radius 1 is 1.27 bits per heavy atom. The van der Waals surface area contributed by atoms with Gasteiger partial charge >= 0.3 is 12.0 Å². The van der Waals surface area contributed by atoms with E-state index in [-0.39, 0.29) is 6.03 Å². The molecule has 0 heterocycles. The summed E-state index contributed by atoms with van der Waals surface area (Å²) < 4.78 is 4.71. The Kier molecular flexibility index (Phi) is 6.69. The van der Waals surface area contributed by atoms with Crippen molar-refractivity contribution in [1.82, 2.24) is 5.32 Å². The molecule has 0 aliphatic rings. The molecular formula is C16H25N3O3. The molecule has 2 N–H and O–H groups in total. The average molecular weight is 307 g/mol. The number of nitrogens with zero attached hydrogens (tertiary/aromatic N) is 1. The fourth-order valence-corrected chi connectivity index (χ4v) is 1.89. The lowest BCUT2D eigenvalue weighted by molar-refractivity contribution is 0.0601. The van der Waals surface area contributed by atoms with E-state index in [1.54, 1.807) is 18.2 Å². The van der Waals surface area contributed by atoms with E-state index in [0.717, 1.165) is 12.1 Å². The van der Waals surface area contributed by atoms with E-state index in [4.69, 9.17) is 4.74 Å². The number of carbonyl (C=O) groups excluding carboxylic acids is 2. The molecule has 0 aromatic heterocycles. The minimum Gasteiger partial charge on any atom is -0.465 e. The van der Waals surface area contributed by atoms with Crippen LogP contribution in [0.4, 0.5) is 16.2 Å². The van der Waals surface area contributed by atoms with Crippen molar-refractivity contribution in [3.05, 3.63) is 23.8 Å². The molecule has 1 aromatic rings. The second kappa shape index (κ2) is 8.26. The molecule has 1 aromatic carbocycles. The standard InChI is InChI=1S/C16H25N3O3/c1-11(2)8-9-17-16(21)18-13-7-6-12(15(20)22-5)10-14(13)19(3)4/h6-7,10-11H,8-9H2,1-5H3,(H2,17,18,21). The Hall–Kier alpha value is -2.24. The Balaban J connectivity index is 2.81. The van der Waals surface area contributed by atoms with Gasteiger partial charge in [0.1, 0.15) is 0 Å². The van der Waals surface area contributed by atoms with Crippen LogP contribution in [0.3, 0.4) is 0 Å². The van der Waals surface area contributed by atoms with Crippen molar-refractivity contribution in [2.75, 3.05) is 38.0 Å². The third-order valence-corrected chi connectivity index (χ3v) is 3.16. The summed E-state index contributed by atoms with van der Waals surface area (Å²) in [5.41, 5.74) is 1.82. The van der Waals surface area contributed by atoms with Crippen LogP contribution in [-0.4, -0.2) is 39.8 Å². The van der Waals surface area contributed by atoms with Gasteiger partial charge in [-0.2, -0.15) is 0 Å². The molecule has 0 saturated carbocycles. The third-order valence-electron chi connectivity index (χ3n) is 3.16. The van der Waals surface area contributed by atoms with Gasteiger partial charge in [0, 0.05) is 20.6 Å². The van der Waals surface area contributed by atoms with Gasteiger partial charge in [0.2, 0.25) is 0 Å². The van der Waals surface area contributed by atoms with Gasteiger partial charge in [0.15, 0.2) is 0 Å². The van der Waals surface area contributed by atoms with E-state index in [9.17, 15) is 9.59 Å². The molecule has 0 fully saturated rings. The van der Waals surface area contributed by atoms with Crippen LogP contribution in [0.25, 0.3) is 0 Å². The zero-order valence-corrected chi connectivity index (χ0v) is 13.9. The molecule has 0 unspecified atom stereocenters. The number of hydrogen-bond acceptors (Lipinski definition) is 4. The van der Waals surface area contributed by atoms with Crippen molar-refractivity contribution in [2.24, 2.45) is 5.92 Å². The number of urea groups is 1. The number of hydrogen-bond donors (Lipinski definition) is 2. The lowest BCUT2D eigenvalue weighted by atomic mass is 10.1. The van der Waals surface area contributed by atoms with Crippen LogP contribution in [0.1, 0.15) is 30.6 Å². The lowest BCUT2D eigenvalue weighted by Crippen LogP contribution is -2.30. The summed E-state index contributed by atoms with van der Waals surface area (Å²) in [4.78, 5) is 25.3. The number of amides is 2. The average Bonchev–Trinajstić information content (AvgIpc) is 2.46. The van der Waals surface area contributed by atoms with E-state index in [0.29, 0.717) is 23.7 Å². The first-order valence-electron chi connectivity index (χ1n) is 7.29. The molecule has 0 radical (unpaired) electrons. The zero-order chi connectivity index (χ0) is 16.7. The maximum atomic E-state index is 11.9. The van der Waals surface area contributed by atoms with Gasteiger partial charge in [-0.3, -0.25) is 0 Å². The summed E-state index contributed by atoms with van der Waals surface area (Å²) in [6, 6.07) is 4.76. The first kappa shape index (κ1) is 17.8. The first-order chi connectivity index (χ1) is 10.3. The second-order valence-electron chi connectivity index (χ2n) is 5.68. The molecule has 6 heteroatoms. The lowest BCUT2D eigenvalue weighted by Gasteiger charge is -2.19. The van der Waals surface area contributed by atoms with E-state index < -0.39 is 5.97 Å². The van der Waals surface area contributed by atoms with Gasteiger partial charge in [-0.1, -0.05) is 13.8 Å². The molecule has 2 amide bonds. The quantitative estimate of drug-likeness (QED) is 0.793. The van der Waals surface area contributed by atoms with E-state index >= 15 is 0 Å². The third kappa shape index (κ3) is 5.27. The number of esters is 1. The van der Waals surface area contributed by atoms with Crippen LogP contribution in [-0.2, 0) is 4.74 Å². The smallest absolute Gasteiger partial charge is 0.337 e. The molecule has 6 nitrogen and oxygen atoms in total. The van der Waals surface area contributed by atoms with Crippen molar-refractivity contribution in [3.63, 3.8) is 0 Å². The highest BCUT2D eigenvalue weighted by molar-refractivity contribution is 5.96. The van der Waals surface area contributed by atoms with E-state index in [1.165, 1.54) is 7.11 Å². The molecule has 1 rings (SSSR count). The van der Waals surface area contributed by atoms with Crippen LogP contribution in [0.15, 0.2) is 18.2 Å². The summed E-state index contributed by atoms with van der Waals surface area (Å²) in [6.45, 7) is 4.84. The Bertz CT molecular complexity index is 527. The van der Waals surface area contributed by atoms with Crippen LogP contribution in [0.5, 0.6) is 0 Å². The number of benzene rings is 1. The largest absolute Gasteiger partial charge is 0.465 e. The highest BCUT2D eigenvalue weighted by atomic mass is 16.5. The van der Waals surface area contributed by atoms with Crippen molar-refractivity contribution < 1.29 is 14.3 Å².